The van der Waals surface area contributed by atoms with Crippen LogP contribution in [0.1, 0.15) is 33.4 Å². The van der Waals surface area contributed by atoms with Crippen LogP contribution >= 0.6 is 0 Å². The van der Waals surface area contributed by atoms with Gasteiger partial charge < -0.3 is 10.1 Å². The fourth-order valence-corrected chi connectivity index (χ4v) is 4.90. The summed E-state index contributed by atoms with van der Waals surface area (Å²) in [6.45, 7) is -0.130. The largest absolute Gasteiger partial charge is 0.488 e. The average Bonchev–Trinajstić information content (AvgIpc) is 2.96. The molecule has 0 bridgehead atoms. The maximum atomic E-state index is 13.8. The van der Waals surface area contributed by atoms with Gasteiger partial charge in [0, 0.05) is 12.0 Å². The zero-order valence-corrected chi connectivity index (χ0v) is 21.4. The standard InChI is InChI=1S/C32H23F6NO2/c33-31(34,35)26-13-6-11-24(17-26)30(19-21-8-2-1-3-9-21,25-12-7-14-27(18-25)32(36,37)38)39-29(40)23-16-22-10-4-5-15-28(22)41-20-23/h1-18H,19-20H2,(H,39,40). The van der Waals surface area contributed by atoms with E-state index in [0.29, 0.717) is 16.9 Å². The molecule has 0 atom stereocenters. The highest BCUT2D eigenvalue weighted by Crippen LogP contribution is 2.40. The Morgan fingerprint density at radius 1 is 0.683 bits per heavy atom. The topological polar surface area (TPSA) is 38.3 Å². The maximum absolute atomic E-state index is 13.8. The fourth-order valence-electron chi connectivity index (χ4n) is 4.90. The molecule has 4 aromatic rings. The Morgan fingerprint density at radius 2 is 1.22 bits per heavy atom. The van der Waals surface area contributed by atoms with Gasteiger partial charge in [0.2, 0.25) is 0 Å². The molecule has 1 amide bonds. The summed E-state index contributed by atoms with van der Waals surface area (Å²) in [6.07, 6.45) is -7.99. The fraction of sp³-hybridized carbons (Fsp3) is 0.156. The Hall–Kier alpha value is -4.53. The number of alkyl halides is 6. The molecule has 0 saturated carbocycles. The van der Waals surface area contributed by atoms with Crippen LogP contribution in [-0.4, -0.2) is 12.5 Å². The molecule has 1 N–H and O–H groups in total. The molecule has 0 spiro atoms. The third-order valence-electron chi connectivity index (χ3n) is 6.93. The Kier molecular flexibility index (Phi) is 7.38. The third kappa shape index (κ3) is 5.99. The van der Waals surface area contributed by atoms with Gasteiger partial charge in [0.25, 0.3) is 5.91 Å². The molecule has 1 aliphatic rings. The van der Waals surface area contributed by atoms with Crippen molar-refractivity contribution >= 4 is 12.0 Å². The van der Waals surface area contributed by atoms with Crippen LogP contribution in [0.15, 0.2) is 109 Å². The lowest BCUT2D eigenvalue weighted by molar-refractivity contribution is -0.138. The van der Waals surface area contributed by atoms with E-state index < -0.39 is 34.9 Å². The number of para-hydroxylation sites is 1. The zero-order chi connectivity index (χ0) is 29.3. The number of ether oxygens (including phenoxy) is 1. The molecule has 0 fully saturated rings. The number of hydrogen-bond donors (Lipinski definition) is 1. The summed E-state index contributed by atoms with van der Waals surface area (Å²) < 4.78 is 88.7. The Balaban J connectivity index is 1.72. The second-order valence-electron chi connectivity index (χ2n) is 9.68. The van der Waals surface area contributed by atoms with Crippen LogP contribution < -0.4 is 10.1 Å². The molecule has 0 saturated heterocycles. The van der Waals surface area contributed by atoms with Gasteiger partial charge in [-0.2, -0.15) is 26.3 Å². The van der Waals surface area contributed by atoms with Gasteiger partial charge in [-0.1, -0.05) is 72.8 Å². The summed E-state index contributed by atoms with van der Waals surface area (Å²) in [5.41, 5.74) is -2.50. The Labute approximate surface area is 232 Å². The summed E-state index contributed by atoms with van der Waals surface area (Å²) in [6, 6.07) is 24.1. The molecule has 5 rings (SSSR count). The van der Waals surface area contributed by atoms with Crippen molar-refractivity contribution < 1.29 is 35.9 Å². The lowest BCUT2D eigenvalue weighted by atomic mass is 9.76. The first-order valence-corrected chi connectivity index (χ1v) is 12.6. The quantitative estimate of drug-likeness (QED) is 0.242. The zero-order valence-electron chi connectivity index (χ0n) is 21.4. The van der Waals surface area contributed by atoms with Crippen molar-refractivity contribution in [3.05, 3.63) is 142 Å². The van der Waals surface area contributed by atoms with Crippen molar-refractivity contribution in [2.24, 2.45) is 0 Å². The molecule has 0 aliphatic carbocycles. The van der Waals surface area contributed by atoms with Crippen molar-refractivity contribution in [3.8, 4) is 5.75 Å². The van der Waals surface area contributed by atoms with E-state index in [2.05, 4.69) is 5.32 Å². The second-order valence-corrected chi connectivity index (χ2v) is 9.68. The summed E-state index contributed by atoms with van der Waals surface area (Å²) in [5.74, 6) is -0.138. The van der Waals surface area contributed by atoms with Crippen molar-refractivity contribution in [2.75, 3.05) is 6.61 Å². The number of amides is 1. The van der Waals surface area contributed by atoms with Gasteiger partial charge in [-0.05, 0) is 53.1 Å². The van der Waals surface area contributed by atoms with E-state index in [0.717, 1.165) is 24.3 Å². The van der Waals surface area contributed by atoms with E-state index in [-0.39, 0.29) is 29.7 Å². The maximum Gasteiger partial charge on any atom is 0.416 e. The predicted molar refractivity (Wildman–Crippen MR) is 142 cm³/mol. The van der Waals surface area contributed by atoms with Gasteiger partial charge in [0.05, 0.1) is 22.2 Å². The molecule has 0 radical (unpaired) electrons. The molecule has 9 heteroatoms. The molecule has 0 unspecified atom stereocenters. The number of nitrogens with one attached hydrogen (secondary N) is 1. The van der Waals surface area contributed by atoms with E-state index in [4.69, 9.17) is 4.74 Å². The van der Waals surface area contributed by atoms with E-state index in [9.17, 15) is 31.1 Å². The van der Waals surface area contributed by atoms with Gasteiger partial charge >= 0.3 is 12.4 Å². The van der Waals surface area contributed by atoms with Crippen LogP contribution in [0.2, 0.25) is 0 Å². The summed E-state index contributed by atoms with van der Waals surface area (Å²) in [4.78, 5) is 13.8. The van der Waals surface area contributed by atoms with Crippen molar-refractivity contribution in [3.63, 3.8) is 0 Å². The minimum absolute atomic E-state index is 0.0263. The number of fused-ring (bicyclic) bond motifs is 1. The summed E-state index contributed by atoms with van der Waals surface area (Å²) in [5, 5.41) is 2.85. The minimum atomic E-state index is -4.73. The van der Waals surface area contributed by atoms with Gasteiger partial charge in [-0.3, -0.25) is 4.79 Å². The molecule has 0 aromatic heterocycles. The highest BCUT2D eigenvalue weighted by Gasteiger charge is 2.41. The molecule has 3 nitrogen and oxygen atoms in total. The summed E-state index contributed by atoms with van der Waals surface area (Å²) >= 11 is 0. The number of carbonyl (C=O) groups is 1. The minimum Gasteiger partial charge on any atom is -0.488 e. The number of rotatable bonds is 6. The normalized spacial score (nSPS) is 13.6. The van der Waals surface area contributed by atoms with E-state index >= 15 is 0 Å². The number of benzene rings is 4. The third-order valence-corrected chi connectivity index (χ3v) is 6.93. The lowest BCUT2D eigenvalue weighted by Gasteiger charge is -2.37. The first kappa shape index (κ1) is 28.0. The first-order chi connectivity index (χ1) is 19.5. The predicted octanol–water partition coefficient (Wildman–Crippen LogP) is 7.80. The first-order valence-electron chi connectivity index (χ1n) is 12.6. The molecule has 210 valence electrons. The van der Waals surface area contributed by atoms with E-state index in [1.54, 1.807) is 60.7 Å². The number of hydrogen-bond acceptors (Lipinski definition) is 2. The molecular formula is C32H23F6NO2. The number of carbonyl (C=O) groups excluding carboxylic acids is 1. The van der Waals surface area contributed by atoms with Crippen molar-refractivity contribution in [2.45, 2.75) is 24.3 Å². The van der Waals surface area contributed by atoms with Crippen LogP contribution in [0.3, 0.4) is 0 Å². The van der Waals surface area contributed by atoms with Crippen LogP contribution in [0.25, 0.3) is 6.08 Å². The van der Waals surface area contributed by atoms with Crippen molar-refractivity contribution in [1.82, 2.24) is 5.32 Å². The van der Waals surface area contributed by atoms with E-state index in [1.165, 1.54) is 24.3 Å². The van der Waals surface area contributed by atoms with Gasteiger partial charge in [-0.25, -0.2) is 0 Å². The van der Waals surface area contributed by atoms with Crippen molar-refractivity contribution in [1.29, 1.82) is 0 Å². The molecule has 4 aromatic carbocycles. The van der Waals surface area contributed by atoms with Crippen LogP contribution in [0.4, 0.5) is 26.3 Å². The van der Waals surface area contributed by atoms with Crippen LogP contribution in [0.5, 0.6) is 5.75 Å². The molecular weight excluding hydrogens is 544 g/mol. The smallest absolute Gasteiger partial charge is 0.416 e. The lowest BCUT2D eigenvalue weighted by Crippen LogP contribution is -2.49. The molecule has 1 heterocycles. The van der Waals surface area contributed by atoms with Crippen LogP contribution in [0, 0.1) is 0 Å². The monoisotopic (exact) mass is 567 g/mol. The van der Waals surface area contributed by atoms with Crippen LogP contribution in [-0.2, 0) is 29.1 Å². The second kappa shape index (κ2) is 10.8. The number of halogens is 6. The van der Waals surface area contributed by atoms with Gasteiger partial charge in [0.1, 0.15) is 12.4 Å². The van der Waals surface area contributed by atoms with E-state index in [1.807, 2.05) is 0 Å². The summed E-state index contributed by atoms with van der Waals surface area (Å²) in [7, 11) is 0. The van der Waals surface area contributed by atoms with Gasteiger partial charge in [-0.15, -0.1) is 0 Å². The molecule has 1 aliphatic heterocycles. The average molecular weight is 568 g/mol. The SMILES string of the molecule is O=C(NC(Cc1ccccc1)(c1cccc(C(F)(F)F)c1)c1cccc(C(F)(F)F)c1)C1=Cc2ccccc2OC1. The Morgan fingerprint density at radius 3 is 1.80 bits per heavy atom. The van der Waals surface area contributed by atoms with Gasteiger partial charge in [0.15, 0.2) is 0 Å². The Bertz CT molecular complexity index is 1530. The highest BCUT2D eigenvalue weighted by molar-refractivity contribution is 6.00. The highest BCUT2D eigenvalue weighted by atomic mass is 19.4. The molecule has 41 heavy (non-hydrogen) atoms.